The van der Waals surface area contributed by atoms with E-state index in [0.29, 0.717) is 12.6 Å². The Morgan fingerprint density at radius 3 is 2.55 bits per heavy atom. The van der Waals surface area contributed by atoms with Crippen LogP contribution in [0.2, 0.25) is 0 Å². The third-order valence-electron chi connectivity index (χ3n) is 5.45. The van der Waals surface area contributed by atoms with Crippen molar-refractivity contribution in [3.8, 4) is 6.07 Å². The molecule has 0 aromatic carbocycles. The van der Waals surface area contributed by atoms with Gasteiger partial charge in [-0.15, -0.1) is 0 Å². The summed E-state index contributed by atoms with van der Waals surface area (Å²) >= 11 is 0. The lowest BCUT2D eigenvalue weighted by atomic mass is 9.78. The van der Waals surface area contributed by atoms with E-state index in [9.17, 15) is 0 Å². The predicted octanol–water partition coefficient (Wildman–Crippen LogP) is 2.01. The van der Waals surface area contributed by atoms with Gasteiger partial charge in [0.2, 0.25) is 0 Å². The highest BCUT2D eigenvalue weighted by Gasteiger charge is 2.40. The highest BCUT2D eigenvalue weighted by molar-refractivity contribution is 4.94. The van der Waals surface area contributed by atoms with Crippen LogP contribution in [-0.4, -0.2) is 60.8 Å². The van der Waals surface area contributed by atoms with Crippen LogP contribution in [0.25, 0.3) is 0 Å². The number of ether oxygens (including phenoxy) is 1. The van der Waals surface area contributed by atoms with Gasteiger partial charge in [0.15, 0.2) is 0 Å². The molecule has 112 valence electrons. The maximum atomic E-state index is 8.78. The van der Waals surface area contributed by atoms with Crippen molar-refractivity contribution in [2.75, 3.05) is 39.3 Å². The Kier molecular flexibility index (Phi) is 4.60. The normalized spacial score (nSPS) is 32.0. The minimum absolute atomic E-state index is 0.213. The largest absolute Gasteiger partial charge is 0.375 e. The Morgan fingerprint density at radius 1 is 1.10 bits per heavy atom. The molecule has 1 saturated carbocycles. The molecule has 0 N–H and O–H groups in total. The maximum Gasteiger partial charge on any atom is 0.0866 e. The van der Waals surface area contributed by atoms with Gasteiger partial charge in [-0.3, -0.25) is 9.80 Å². The van der Waals surface area contributed by atoms with Crippen LogP contribution in [-0.2, 0) is 4.74 Å². The van der Waals surface area contributed by atoms with Crippen LogP contribution in [0, 0.1) is 11.3 Å². The first-order valence-electron chi connectivity index (χ1n) is 8.29. The van der Waals surface area contributed by atoms with E-state index in [4.69, 9.17) is 10.00 Å². The molecular formula is C16H27N3O. The van der Waals surface area contributed by atoms with Gasteiger partial charge < -0.3 is 4.74 Å². The summed E-state index contributed by atoms with van der Waals surface area (Å²) in [5.74, 6) is 0. The Bertz CT molecular complexity index is 346. The van der Waals surface area contributed by atoms with Gasteiger partial charge in [0.25, 0.3) is 0 Å². The van der Waals surface area contributed by atoms with Crippen molar-refractivity contribution in [3.05, 3.63) is 0 Å². The Morgan fingerprint density at radius 2 is 1.85 bits per heavy atom. The van der Waals surface area contributed by atoms with Gasteiger partial charge >= 0.3 is 0 Å². The van der Waals surface area contributed by atoms with Crippen molar-refractivity contribution in [1.82, 2.24) is 9.80 Å². The van der Waals surface area contributed by atoms with E-state index in [2.05, 4.69) is 15.9 Å². The molecule has 0 radical (unpaired) electrons. The summed E-state index contributed by atoms with van der Waals surface area (Å²) in [5.41, 5.74) is 0.213. The summed E-state index contributed by atoms with van der Waals surface area (Å²) in [6.45, 7) is 5.90. The summed E-state index contributed by atoms with van der Waals surface area (Å²) in [6.07, 6.45) is 9.08. The molecule has 1 atom stereocenters. The van der Waals surface area contributed by atoms with Crippen molar-refractivity contribution in [2.45, 2.75) is 56.6 Å². The number of nitrogens with zero attached hydrogens (tertiary/aromatic N) is 3. The molecule has 4 heteroatoms. The number of rotatable bonds is 2. The molecule has 1 spiro atoms. The van der Waals surface area contributed by atoms with Crippen molar-refractivity contribution >= 4 is 0 Å². The van der Waals surface area contributed by atoms with E-state index in [1.807, 2.05) is 0 Å². The van der Waals surface area contributed by atoms with Gasteiger partial charge in [0.1, 0.15) is 0 Å². The zero-order valence-corrected chi connectivity index (χ0v) is 12.5. The molecule has 0 bridgehead atoms. The number of nitriles is 1. The number of piperazine rings is 1. The molecule has 1 aliphatic carbocycles. The summed E-state index contributed by atoms with van der Waals surface area (Å²) < 4.78 is 6.21. The average Bonchev–Trinajstić information content (AvgIpc) is 2.49. The van der Waals surface area contributed by atoms with E-state index >= 15 is 0 Å². The van der Waals surface area contributed by atoms with Gasteiger partial charge in [-0.05, 0) is 25.7 Å². The van der Waals surface area contributed by atoms with E-state index in [-0.39, 0.29) is 5.60 Å². The van der Waals surface area contributed by atoms with Crippen LogP contribution < -0.4 is 0 Å². The molecule has 2 saturated heterocycles. The zero-order chi connectivity index (χ0) is 13.8. The maximum absolute atomic E-state index is 8.78. The van der Waals surface area contributed by atoms with Gasteiger partial charge in [0, 0.05) is 38.8 Å². The third-order valence-corrected chi connectivity index (χ3v) is 5.45. The third kappa shape index (κ3) is 3.16. The lowest BCUT2D eigenvalue weighted by molar-refractivity contribution is -0.127. The first kappa shape index (κ1) is 14.3. The van der Waals surface area contributed by atoms with Crippen LogP contribution in [0.4, 0.5) is 0 Å². The predicted molar refractivity (Wildman–Crippen MR) is 78.4 cm³/mol. The Balaban J connectivity index is 1.54. The summed E-state index contributed by atoms with van der Waals surface area (Å²) in [4.78, 5) is 4.93. The molecule has 1 unspecified atom stereocenters. The lowest BCUT2D eigenvalue weighted by Crippen LogP contribution is -2.55. The topological polar surface area (TPSA) is 39.5 Å². The van der Waals surface area contributed by atoms with Crippen molar-refractivity contribution in [2.24, 2.45) is 0 Å². The molecule has 4 nitrogen and oxygen atoms in total. The van der Waals surface area contributed by atoms with Gasteiger partial charge in [-0.25, -0.2) is 0 Å². The fourth-order valence-corrected chi connectivity index (χ4v) is 4.24. The monoisotopic (exact) mass is 277 g/mol. The number of hydrogen-bond donors (Lipinski definition) is 0. The van der Waals surface area contributed by atoms with E-state index in [0.717, 1.165) is 32.8 Å². The second kappa shape index (κ2) is 6.43. The first-order chi connectivity index (χ1) is 9.81. The Hall–Kier alpha value is -0.630. The highest BCUT2D eigenvalue weighted by Crippen LogP contribution is 2.39. The van der Waals surface area contributed by atoms with Crippen LogP contribution >= 0.6 is 0 Å². The summed E-state index contributed by atoms with van der Waals surface area (Å²) in [5, 5.41) is 8.78. The van der Waals surface area contributed by atoms with Gasteiger partial charge in [0.05, 0.1) is 18.2 Å². The quantitative estimate of drug-likeness (QED) is 0.724. The van der Waals surface area contributed by atoms with Crippen molar-refractivity contribution < 1.29 is 4.74 Å². The van der Waals surface area contributed by atoms with Crippen LogP contribution in [0.15, 0.2) is 0 Å². The minimum Gasteiger partial charge on any atom is -0.375 e. The molecule has 0 aromatic heterocycles. The highest BCUT2D eigenvalue weighted by atomic mass is 16.5. The standard InChI is InChI=1S/C16H27N3O/c17-7-8-18-9-11-19(12-10-18)15-4-13-20-16(14-15)5-2-1-3-6-16/h15H,1-6,8-14H2. The molecule has 3 aliphatic rings. The summed E-state index contributed by atoms with van der Waals surface area (Å²) in [6, 6.07) is 2.98. The SMILES string of the molecule is N#CCN1CCN(C2CCOC3(CCCCC3)C2)CC1. The van der Waals surface area contributed by atoms with Gasteiger partial charge in [-0.2, -0.15) is 5.26 Å². The fraction of sp³-hybridized carbons (Fsp3) is 0.938. The zero-order valence-electron chi connectivity index (χ0n) is 12.5. The molecule has 20 heavy (non-hydrogen) atoms. The molecule has 2 heterocycles. The smallest absolute Gasteiger partial charge is 0.0866 e. The molecule has 2 aliphatic heterocycles. The lowest BCUT2D eigenvalue weighted by Gasteiger charge is -2.48. The van der Waals surface area contributed by atoms with Crippen LogP contribution in [0.1, 0.15) is 44.9 Å². The van der Waals surface area contributed by atoms with Crippen LogP contribution in [0.3, 0.4) is 0 Å². The molecular weight excluding hydrogens is 250 g/mol. The van der Waals surface area contributed by atoms with E-state index in [1.54, 1.807) is 0 Å². The average molecular weight is 277 g/mol. The Labute approximate surface area is 122 Å². The van der Waals surface area contributed by atoms with Crippen molar-refractivity contribution in [1.29, 1.82) is 5.26 Å². The van der Waals surface area contributed by atoms with Crippen LogP contribution in [0.5, 0.6) is 0 Å². The molecule has 3 rings (SSSR count). The van der Waals surface area contributed by atoms with E-state index < -0.39 is 0 Å². The minimum atomic E-state index is 0.213. The van der Waals surface area contributed by atoms with Gasteiger partial charge in [-0.1, -0.05) is 19.3 Å². The molecule has 3 fully saturated rings. The first-order valence-corrected chi connectivity index (χ1v) is 8.29. The fourth-order valence-electron chi connectivity index (χ4n) is 4.24. The molecule has 0 aromatic rings. The number of hydrogen-bond acceptors (Lipinski definition) is 4. The van der Waals surface area contributed by atoms with E-state index in [1.165, 1.54) is 44.9 Å². The molecule has 0 amide bonds. The second-order valence-corrected chi connectivity index (χ2v) is 6.71. The second-order valence-electron chi connectivity index (χ2n) is 6.71. The summed E-state index contributed by atoms with van der Waals surface area (Å²) in [7, 11) is 0. The van der Waals surface area contributed by atoms with Crippen molar-refractivity contribution in [3.63, 3.8) is 0 Å².